The van der Waals surface area contributed by atoms with Gasteiger partial charge in [-0.2, -0.15) is 0 Å². The van der Waals surface area contributed by atoms with Crippen LogP contribution >= 0.6 is 0 Å². The summed E-state index contributed by atoms with van der Waals surface area (Å²) in [6, 6.07) is 3.97. The SMILES string of the molecule is CC(C)(C)OC(=O)Nc1ccc([C@H](O)CC(=O)O)cc1O. The Morgan fingerprint density at radius 2 is 1.95 bits per heavy atom. The number of carboxylic acids is 1. The minimum Gasteiger partial charge on any atom is -0.506 e. The Bertz CT molecular complexity index is 535. The lowest BCUT2D eigenvalue weighted by molar-refractivity contribution is -0.139. The molecule has 0 saturated heterocycles. The van der Waals surface area contributed by atoms with Crippen LogP contribution < -0.4 is 5.32 Å². The van der Waals surface area contributed by atoms with Crippen LogP contribution in [0.15, 0.2) is 18.2 Å². The van der Waals surface area contributed by atoms with Gasteiger partial charge >= 0.3 is 12.1 Å². The predicted molar refractivity (Wildman–Crippen MR) is 75.2 cm³/mol. The standard InChI is InChI=1S/C14H19NO6/c1-14(2,3)21-13(20)15-9-5-4-8(6-11(9)17)10(16)7-12(18)19/h4-6,10,16-17H,7H2,1-3H3,(H,15,20)(H,18,19)/t10-/m1/s1. The summed E-state index contributed by atoms with van der Waals surface area (Å²) in [7, 11) is 0. The van der Waals surface area contributed by atoms with Crippen LogP contribution in [-0.4, -0.2) is 33.0 Å². The highest BCUT2D eigenvalue weighted by molar-refractivity contribution is 5.87. The zero-order chi connectivity index (χ0) is 16.2. The molecule has 7 nitrogen and oxygen atoms in total. The second-order valence-corrected chi connectivity index (χ2v) is 5.52. The van der Waals surface area contributed by atoms with E-state index in [1.807, 2.05) is 0 Å². The molecule has 1 amide bonds. The van der Waals surface area contributed by atoms with Crippen molar-refractivity contribution in [3.63, 3.8) is 0 Å². The number of aromatic hydroxyl groups is 1. The topological polar surface area (TPSA) is 116 Å². The first-order valence-corrected chi connectivity index (χ1v) is 6.31. The van der Waals surface area contributed by atoms with Crippen molar-refractivity contribution in [3.8, 4) is 5.75 Å². The van der Waals surface area contributed by atoms with Gasteiger partial charge in [0.15, 0.2) is 0 Å². The summed E-state index contributed by atoms with van der Waals surface area (Å²) in [5.74, 6) is -1.44. The van der Waals surface area contributed by atoms with Gasteiger partial charge in [0, 0.05) is 0 Å². The molecule has 1 rings (SSSR count). The first-order chi connectivity index (χ1) is 9.58. The number of carboxylic acid groups (broad SMARTS) is 1. The molecule has 116 valence electrons. The van der Waals surface area contributed by atoms with Gasteiger partial charge in [-0.3, -0.25) is 10.1 Å². The zero-order valence-corrected chi connectivity index (χ0v) is 12.1. The number of benzene rings is 1. The number of nitrogens with one attached hydrogen (secondary N) is 1. The Morgan fingerprint density at radius 3 is 2.43 bits per heavy atom. The molecule has 0 fully saturated rings. The summed E-state index contributed by atoms with van der Waals surface area (Å²) in [5.41, 5.74) is -0.322. The monoisotopic (exact) mass is 297 g/mol. The van der Waals surface area contributed by atoms with Crippen molar-refractivity contribution in [2.75, 3.05) is 5.32 Å². The maximum atomic E-state index is 11.6. The summed E-state index contributed by atoms with van der Waals surface area (Å²) >= 11 is 0. The Balaban J connectivity index is 2.79. The van der Waals surface area contributed by atoms with E-state index in [1.165, 1.54) is 18.2 Å². The number of ether oxygens (including phenoxy) is 1. The summed E-state index contributed by atoms with van der Waals surface area (Å²) in [6.45, 7) is 5.12. The molecule has 4 N–H and O–H groups in total. The minimum absolute atomic E-state index is 0.107. The molecular formula is C14H19NO6. The van der Waals surface area contributed by atoms with E-state index in [-0.39, 0.29) is 17.0 Å². The molecule has 1 atom stereocenters. The first-order valence-electron chi connectivity index (χ1n) is 6.31. The molecule has 0 radical (unpaired) electrons. The van der Waals surface area contributed by atoms with Crippen LogP contribution in [0.25, 0.3) is 0 Å². The van der Waals surface area contributed by atoms with E-state index in [0.29, 0.717) is 0 Å². The second kappa shape index (κ2) is 6.45. The van der Waals surface area contributed by atoms with Crippen molar-refractivity contribution >= 4 is 17.7 Å². The number of hydrogen-bond acceptors (Lipinski definition) is 5. The van der Waals surface area contributed by atoms with E-state index in [2.05, 4.69) is 5.32 Å². The molecule has 0 heterocycles. The van der Waals surface area contributed by atoms with E-state index >= 15 is 0 Å². The van der Waals surface area contributed by atoms with Crippen LogP contribution in [0.4, 0.5) is 10.5 Å². The smallest absolute Gasteiger partial charge is 0.412 e. The summed E-state index contributed by atoms with van der Waals surface area (Å²) in [4.78, 5) is 22.1. The molecule has 1 aromatic rings. The van der Waals surface area contributed by atoms with E-state index in [1.54, 1.807) is 20.8 Å². The lowest BCUT2D eigenvalue weighted by Gasteiger charge is -2.20. The zero-order valence-electron chi connectivity index (χ0n) is 12.1. The molecule has 0 unspecified atom stereocenters. The number of aliphatic hydroxyl groups is 1. The van der Waals surface area contributed by atoms with Gasteiger partial charge in [0.1, 0.15) is 11.4 Å². The fraction of sp³-hybridized carbons (Fsp3) is 0.429. The van der Waals surface area contributed by atoms with Crippen molar-refractivity contribution in [3.05, 3.63) is 23.8 Å². The third-order valence-electron chi connectivity index (χ3n) is 2.41. The van der Waals surface area contributed by atoms with E-state index in [0.717, 1.165) is 0 Å². The summed E-state index contributed by atoms with van der Waals surface area (Å²) < 4.78 is 5.04. The van der Waals surface area contributed by atoms with Crippen molar-refractivity contribution < 1.29 is 29.6 Å². The number of phenolic OH excluding ortho intramolecular Hbond substituents is 1. The molecular weight excluding hydrogens is 278 g/mol. The Labute approximate surface area is 122 Å². The predicted octanol–water partition coefficient (Wildman–Crippen LogP) is 2.25. The van der Waals surface area contributed by atoms with Crippen LogP contribution in [0.5, 0.6) is 5.75 Å². The summed E-state index contributed by atoms with van der Waals surface area (Å²) in [6.07, 6.45) is -2.43. The average Bonchev–Trinajstić information content (AvgIpc) is 2.28. The minimum atomic E-state index is -1.23. The van der Waals surface area contributed by atoms with Crippen LogP contribution in [0, 0.1) is 0 Å². The summed E-state index contributed by atoms with van der Waals surface area (Å²) in [5, 5.41) is 30.4. The number of aliphatic carboxylic acids is 1. The molecule has 0 saturated carbocycles. The highest BCUT2D eigenvalue weighted by Gasteiger charge is 2.18. The third kappa shape index (κ3) is 5.70. The van der Waals surface area contributed by atoms with Gasteiger partial charge in [0.05, 0.1) is 18.2 Å². The van der Waals surface area contributed by atoms with Crippen LogP contribution in [0.2, 0.25) is 0 Å². The van der Waals surface area contributed by atoms with Crippen molar-refractivity contribution in [2.24, 2.45) is 0 Å². The average molecular weight is 297 g/mol. The van der Waals surface area contributed by atoms with Gasteiger partial charge in [-0.25, -0.2) is 4.79 Å². The van der Waals surface area contributed by atoms with E-state index < -0.39 is 30.2 Å². The van der Waals surface area contributed by atoms with Crippen molar-refractivity contribution in [1.29, 1.82) is 0 Å². The molecule has 0 aliphatic heterocycles. The largest absolute Gasteiger partial charge is 0.506 e. The van der Waals surface area contributed by atoms with E-state index in [9.17, 15) is 19.8 Å². The van der Waals surface area contributed by atoms with Gasteiger partial charge in [0.2, 0.25) is 0 Å². The van der Waals surface area contributed by atoms with Crippen molar-refractivity contribution in [2.45, 2.75) is 38.9 Å². The quantitative estimate of drug-likeness (QED) is 0.633. The van der Waals surface area contributed by atoms with E-state index in [4.69, 9.17) is 9.84 Å². The third-order valence-corrected chi connectivity index (χ3v) is 2.41. The Hall–Kier alpha value is -2.28. The maximum absolute atomic E-state index is 11.6. The van der Waals surface area contributed by atoms with Crippen LogP contribution in [-0.2, 0) is 9.53 Å². The fourth-order valence-electron chi connectivity index (χ4n) is 1.56. The number of amides is 1. The number of rotatable bonds is 4. The van der Waals surface area contributed by atoms with Gasteiger partial charge in [-0.1, -0.05) is 6.07 Å². The molecule has 21 heavy (non-hydrogen) atoms. The first kappa shape index (κ1) is 16.8. The number of anilines is 1. The van der Waals surface area contributed by atoms with Crippen LogP contribution in [0.1, 0.15) is 38.9 Å². The normalized spacial score (nSPS) is 12.6. The number of aliphatic hydroxyl groups excluding tert-OH is 1. The number of carbonyl (C=O) groups excluding carboxylic acids is 1. The maximum Gasteiger partial charge on any atom is 0.412 e. The highest BCUT2D eigenvalue weighted by Crippen LogP contribution is 2.28. The van der Waals surface area contributed by atoms with Gasteiger partial charge in [-0.15, -0.1) is 0 Å². The molecule has 0 aliphatic carbocycles. The molecule has 0 aliphatic rings. The van der Waals surface area contributed by atoms with Crippen LogP contribution in [0.3, 0.4) is 0 Å². The number of hydrogen-bond donors (Lipinski definition) is 4. The molecule has 0 aromatic heterocycles. The highest BCUT2D eigenvalue weighted by atomic mass is 16.6. The number of phenols is 1. The fourth-order valence-corrected chi connectivity index (χ4v) is 1.56. The Morgan fingerprint density at radius 1 is 1.33 bits per heavy atom. The van der Waals surface area contributed by atoms with Crippen molar-refractivity contribution in [1.82, 2.24) is 0 Å². The molecule has 7 heteroatoms. The second-order valence-electron chi connectivity index (χ2n) is 5.52. The van der Waals surface area contributed by atoms with Gasteiger partial charge in [0.25, 0.3) is 0 Å². The lowest BCUT2D eigenvalue weighted by atomic mass is 10.1. The molecule has 0 spiro atoms. The lowest BCUT2D eigenvalue weighted by Crippen LogP contribution is -2.27. The molecule has 1 aromatic carbocycles. The van der Waals surface area contributed by atoms with Gasteiger partial charge < -0.3 is 20.1 Å². The number of carbonyl (C=O) groups is 2. The van der Waals surface area contributed by atoms with Gasteiger partial charge in [-0.05, 0) is 38.5 Å². The Kier molecular flexibility index (Phi) is 5.15. The molecule has 0 bridgehead atoms.